The number of nitrogens with zero attached hydrogens (tertiary/aromatic N) is 2. The quantitative estimate of drug-likeness (QED) is 0.932. The summed E-state index contributed by atoms with van der Waals surface area (Å²) in [7, 11) is 0. The van der Waals surface area contributed by atoms with Gasteiger partial charge in [0.1, 0.15) is 11.5 Å². The largest absolute Gasteiger partial charge is 0.397 e. The number of carbonyl (C=O) groups excluding carboxylic acids is 1. The minimum absolute atomic E-state index is 0.254. The van der Waals surface area contributed by atoms with Gasteiger partial charge in [0.15, 0.2) is 0 Å². The third kappa shape index (κ3) is 2.52. The van der Waals surface area contributed by atoms with Gasteiger partial charge in [0, 0.05) is 19.3 Å². The molecule has 1 aromatic carbocycles. The van der Waals surface area contributed by atoms with Crippen LogP contribution in [0.4, 0.5) is 15.8 Å². The van der Waals surface area contributed by atoms with Crippen molar-refractivity contribution in [1.29, 1.82) is 0 Å². The highest BCUT2D eigenvalue weighted by Crippen LogP contribution is 2.22. The van der Waals surface area contributed by atoms with E-state index in [0.717, 1.165) is 0 Å². The zero-order chi connectivity index (χ0) is 14.7. The van der Waals surface area contributed by atoms with Crippen molar-refractivity contribution in [3.63, 3.8) is 0 Å². The van der Waals surface area contributed by atoms with Gasteiger partial charge in [0.2, 0.25) is 0 Å². The Morgan fingerprint density at radius 2 is 2.05 bits per heavy atom. The lowest BCUT2D eigenvalue weighted by Gasteiger charge is -2.22. The van der Waals surface area contributed by atoms with E-state index in [9.17, 15) is 9.18 Å². The molecule has 2 aromatic rings. The minimum Gasteiger partial charge on any atom is -0.397 e. The molecular weight excluding hydrogens is 257 g/mol. The number of hydrogen-bond acceptors (Lipinski definition) is 2. The van der Waals surface area contributed by atoms with Crippen LogP contribution in [-0.4, -0.2) is 17.0 Å². The third-order valence-electron chi connectivity index (χ3n) is 3.18. The van der Waals surface area contributed by atoms with E-state index in [1.807, 2.05) is 13.8 Å². The van der Waals surface area contributed by atoms with Gasteiger partial charge in [0.25, 0.3) is 5.91 Å². The van der Waals surface area contributed by atoms with E-state index in [0.29, 0.717) is 24.5 Å². The van der Waals surface area contributed by atoms with Gasteiger partial charge in [-0.3, -0.25) is 4.79 Å². The Balaban J connectivity index is 2.42. The lowest BCUT2D eigenvalue weighted by Crippen LogP contribution is -2.32. The summed E-state index contributed by atoms with van der Waals surface area (Å²) in [6.07, 6.45) is 1.71. The first-order valence-electron chi connectivity index (χ1n) is 6.60. The lowest BCUT2D eigenvalue weighted by molar-refractivity contribution is 0.0978. The molecule has 0 aliphatic heterocycles. The van der Waals surface area contributed by atoms with Crippen LogP contribution in [0.15, 0.2) is 36.5 Å². The fourth-order valence-corrected chi connectivity index (χ4v) is 2.21. The molecule has 106 valence electrons. The number of carbonyl (C=O) groups is 1. The Hall–Kier alpha value is -2.30. The first-order valence-corrected chi connectivity index (χ1v) is 6.60. The molecular formula is C15H18FN3O. The number of nitrogens with two attached hydrogens (primary N) is 1. The van der Waals surface area contributed by atoms with Gasteiger partial charge in [-0.05, 0) is 32.0 Å². The van der Waals surface area contributed by atoms with Crippen LogP contribution in [-0.2, 0) is 6.54 Å². The Morgan fingerprint density at radius 3 is 2.65 bits per heavy atom. The van der Waals surface area contributed by atoms with Crippen LogP contribution >= 0.6 is 0 Å². The van der Waals surface area contributed by atoms with Crippen LogP contribution in [0, 0.1) is 5.82 Å². The maximum atomic E-state index is 13.9. The number of aromatic nitrogens is 1. The summed E-state index contributed by atoms with van der Waals surface area (Å²) in [5.41, 5.74) is 7.01. The molecule has 5 heteroatoms. The van der Waals surface area contributed by atoms with Gasteiger partial charge in [0.05, 0.1) is 11.4 Å². The molecule has 0 saturated heterocycles. The molecule has 0 atom stereocenters. The topological polar surface area (TPSA) is 51.3 Å². The second-order valence-electron chi connectivity index (χ2n) is 4.45. The van der Waals surface area contributed by atoms with Gasteiger partial charge in [-0.2, -0.15) is 0 Å². The summed E-state index contributed by atoms with van der Waals surface area (Å²) in [6.45, 7) is 4.75. The van der Waals surface area contributed by atoms with Crippen LogP contribution in [0.3, 0.4) is 0 Å². The van der Waals surface area contributed by atoms with Crippen LogP contribution in [0.5, 0.6) is 0 Å². The maximum Gasteiger partial charge on any atom is 0.275 e. The molecule has 0 fully saturated rings. The molecule has 1 aromatic heterocycles. The van der Waals surface area contributed by atoms with Crippen molar-refractivity contribution >= 4 is 17.3 Å². The first kappa shape index (κ1) is 14.1. The predicted octanol–water partition coefficient (Wildman–Crippen LogP) is 2.90. The van der Waals surface area contributed by atoms with Crippen LogP contribution in [0.1, 0.15) is 24.3 Å². The molecule has 0 saturated carbocycles. The van der Waals surface area contributed by atoms with Crippen molar-refractivity contribution < 1.29 is 9.18 Å². The monoisotopic (exact) mass is 275 g/mol. The molecule has 4 nitrogen and oxygen atoms in total. The van der Waals surface area contributed by atoms with Crippen LogP contribution < -0.4 is 10.6 Å². The number of aryl methyl sites for hydroxylation is 1. The van der Waals surface area contributed by atoms with Crippen LogP contribution in [0.2, 0.25) is 0 Å². The highest BCUT2D eigenvalue weighted by Gasteiger charge is 2.21. The smallest absolute Gasteiger partial charge is 0.275 e. The van der Waals surface area contributed by atoms with E-state index in [-0.39, 0.29) is 11.6 Å². The zero-order valence-corrected chi connectivity index (χ0v) is 11.6. The standard InChI is InChI=1S/C15H18FN3O/c1-3-18-10-11(17)9-14(18)15(20)19(4-2)13-8-6-5-7-12(13)16/h5-10H,3-4,17H2,1-2H3. The number of hydrogen-bond donors (Lipinski definition) is 1. The number of halogens is 1. The highest BCUT2D eigenvalue weighted by molar-refractivity contribution is 6.05. The van der Waals surface area contributed by atoms with Gasteiger partial charge >= 0.3 is 0 Å². The van der Waals surface area contributed by atoms with E-state index in [2.05, 4.69) is 0 Å². The Bertz CT molecular complexity index is 621. The summed E-state index contributed by atoms with van der Waals surface area (Å²) >= 11 is 0. The average molecular weight is 275 g/mol. The summed E-state index contributed by atoms with van der Waals surface area (Å²) in [6, 6.07) is 7.87. The second-order valence-corrected chi connectivity index (χ2v) is 4.45. The van der Waals surface area contributed by atoms with Gasteiger partial charge in [-0.25, -0.2) is 4.39 Å². The number of para-hydroxylation sites is 1. The van der Waals surface area contributed by atoms with Crippen molar-refractivity contribution in [2.45, 2.75) is 20.4 Å². The fraction of sp³-hybridized carbons (Fsp3) is 0.267. The molecule has 2 N–H and O–H groups in total. The molecule has 0 radical (unpaired) electrons. The van der Waals surface area contributed by atoms with E-state index >= 15 is 0 Å². The van der Waals surface area contributed by atoms with E-state index in [1.165, 1.54) is 11.0 Å². The van der Waals surface area contributed by atoms with E-state index < -0.39 is 5.82 Å². The number of rotatable bonds is 4. The molecule has 0 aliphatic carbocycles. The Morgan fingerprint density at radius 1 is 1.35 bits per heavy atom. The van der Waals surface area contributed by atoms with Gasteiger partial charge in [-0.15, -0.1) is 0 Å². The van der Waals surface area contributed by atoms with Crippen molar-refractivity contribution in [2.75, 3.05) is 17.2 Å². The number of benzene rings is 1. The molecule has 0 unspecified atom stereocenters. The third-order valence-corrected chi connectivity index (χ3v) is 3.18. The molecule has 0 spiro atoms. The zero-order valence-electron chi connectivity index (χ0n) is 11.6. The van der Waals surface area contributed by atoms with Crippen molar-refractivity contribution in [3.8, 4) is 0 Å². The van der Waals surface area contributed by atoms with E-state index in [1.54, 1.807) is 35.0 Å². The normalized spacial score (nSPS) is 10.6. The maximum absolute atomic E-state index is 13.9. The number of nitrogen functional groups attached to an aromatic ring is 1. The molecule has 0 bridgehead atoms. The highest BCUT2D eigenvalue weighted by atomic mass is 19.1. The molecule has 0 aliphatic rings. The average Bonchev–Trinajstić information content (AvgIpc) is 2.82. The molecule has 2 rings (SSSR count). The van der Waals surface area contributed by atoms with Crippen molar-refractivity contribution in [2.24, 2.45) is 0 Å². The first-order chi connectivity index (χ1) is 9.58. The fourth-order valence-electron chi connectivity index (χ4n) is 2.21. The Kier molecular flexibility index (Phi) is 4.08. The van der Waals surface area contributed by atoms with Crippen molar-refractivity contribution in [3.05, 3.63) is 48.0 Å². The summed E-state index contributed by atoms with van der Waals surface area (Å²) in [4.78, 5) is 14.0. The van der Waals surface area contributed by atoms with Crippen LogP contribution in [0.25, 0.3) is 0 Å². The van der Waals surface area contributed by atoms with Gasteiger partial charge < -0.3 is 15.2 Å². The van der Waals surface area contributed by atoms with Crippen molar-refractivity contribution in [1.82, 2.24) is 4.57 Å². The molecule has 1 heterocycles. The lowest BCUT2D eigenvalue weighted by atomic mass is 10.2. The molecule has 1 amide bonds. The molecule has 20 heavy (non-hydrogen) atoms. The Labute approximate surface area is 117 Å². The SMILES string of the molecule is CCN(C(=O)c1cc(N)cn1CC)c1ccccc1F. The summed E-state index contributed by atoms with van der Waals surface area (Å²) in [5, 5.41) is 0. The second kappa shape index (κ2) is 5.77. The summed E-state index contributed by atoms with van der Waals surface area (Å²) < 4.78 is 15.6. The summed E-state index contributed by atoms with van der Waals surface area (Å²) in [5.74, 6) is -0.665. The van der Waals surface area contributed by atoms with E-state index in [4.69, 9.17) is 5.73 Å². The van der Waals surface area contributed by atoms with Gasteiger partial charge in [-0.1, -0.05) is 12.1 Å². The number of amides is 1. The predicted molar refractivity (Wildman–Crippen MR) is 78.3 cm³/mol. The number of anilines is 2. The minimum atomic E-state index is -0.412.